The van der Waals surface area contributed by atoms with E-state index >= 15 is 0 Å². The molecule has 92 valence electrons. The van der Waals surface area contributed by atoms with Crippen LogP contribution < -0.4 is 16.6 Å². The summed E-state index contributed by atoms with van der Waals surface area (Å²) in [5.41, 5.74) is 8.49. The predicted octanol–water partition coefficient (Wildman–Crippen LogP) is 2.33. The highest BCUT2D eigenvalue weighted by Gasteiger charge is 2.03. The molecule has 4 heteroatoms. The van der Waals surface area contributed by atoms with Gasteiger partial charge in [-0.15, -0.1) is 0 Å². The lowest BCUT2D eigenvalue weighted by atomic mass is 10.1. The minimum Gasteiger partial charge on any atom is -0.389 e. The van der Waals surface area contributed by atoms with Crippen LogP contribution >= 0.6 is 0 Å². The molecule has 0 aliphatic rings. The summed E-state index contributed by atoms with van der Waals surface area (Å²) in [5.74, 6) is 5.75. The lowest BCUT2D eigenvalue weighted by molar-refractivity contribution is 1.05. The molecule has 0 saturated heterocycles. The molecule has 0 unspecified atom stereocenters. The first-order valence-electron chi connectivity index (χ1n) is 5.53. The number of aryl methyl sites for hydroxylation is 2. The van der Waals surface area contributed by atoms with Gasteiger partial charge in [0.05, 0.1) is 11.9 Å². The first kappa shape index (κ1) is 15.0. The van der Waals surface area contributed by atoms with E-state index in [1.165, 1.54) is 16.8 Å². The van der Waals surface area contributed by atoms with Crippen LogP contribution in [0.5, 0.6) is 0 Å². The van der Waals surface area contributed by atoms with Crippen LogP contribution in [-0.4, -0.2) is 0 Å². The second kappa shape index (κ2) is 7.31. The number of nitrogens with zero attached hydrogens (tertiary/aromatic N) is 2. The SMILES string of the molecule is CC.Cc1ccc(N(N)/C=C(\N)C#N)c(C)c1. The summed E-state index contributed by atoms with van der Waals surface area (Å²) >= 11 is 0. The normalized spacial score (nSPS) is 10.0. The highest BCUT2D eigenvalue weighted by Crippen LogP contribution is 2.19. The zero-order chi connectivity index (χ0) is 13.4. The first-order chi connectivity index (χ1) is 8.04. The predicted molar refractivity (Wildman–Crippen MR) is 71.8 cm³/mol. The van der Waals surface area contributed by atoms with Crippen LogP contribution in [0.2, 0.25) is 0 Å². The molecule has 4 N–H and O–H groups in total. The smallest absolute Gasteiger partial charge is 0.129 e. The molecule has 0 amide bonds. The number of hydrogen-bond acceptors (Lipinski definition) is 4. The van der Waals surface area contributed by atoms with Crippen LogP contribution in [0.1, 0.15) is 25.0 Å². The molecule has 1 rings (SSSR count). The second-order valence-electron chi connectivity index (χ2n) is 3.39. The quantitative estimate of drug-likeness (QED) is 0.466. The average molecular weight is 232 g/mol. The highest BCUT2D eigenvalue weighted by atomic mass is 15.4. The molecule has 0 fully saturated rings. The Hall–Kier alpha value is -1.99. The second-order valence-corrected chi connectivity index (χ2v) is 3.39. The molecule has 4 nitrogen and oxygen atoms in total. The lowest BCUT2D eigenvalue weighted by Gasteiger charge is -2.16. The van der Waals surface area contributed by atoms with Crippen LogP contribution in [0.4, 0.5) is 5.69 Å². The summed E-state index contributed by atoms with van der Waals surface area (Å²) in [7, 11) is 0. The number of rotatable bonds is 2. The molecule has 1 aromatic rings. The van der Waals surface area contributed by atoms with Crippen molar-refractivity contribution in [3.63, 3.8) is 0 Å². The molecule has 17 heavy (non-hydrogen) atoms. The maximum absolute atomic E-state index is 8.52. The van der Waals surface area contributed by atoms with Gasteiger partial charge in [-0.2, -0.15) is 5.26 Å². The molecule has 0 heterocycles. The number of nitrogens with two attached hydrogens (primary N) is 2. The van der Waals surface area contributed by atoms with Crippen molar-refractivity contribution >= 4 is 5.69 Å². The summed E-state index contributed by atoms with van der Waals surface area (Å²) in [6, 6.07) is 7.68. The van der Waals surface area contributed by atoms with Crippen LogP contribution in [0, 0.1) is 25.2 Å². The number of hydrazine groups is 1. The fourth-order valence-electron chi connectivity index (χ4n) is 1.34. The van der Waals surface area contributed by atoms with E-state index in [-0.39, 0.29) is 5.70 Å². The van der Waals surface area contributed by atoms with Gasteiger partial charge in [-0.25, -0.2) is 5.84 Å². The van der Waals surface area contributed by atoms with Crippen LogP contribution in [0.15, 0.2) is 30.1 Å². The summed E-state index contributed by atoms with van der Waals surface area (Å²) in [6.45, 7) is 7.97. The molecular weight excluding hydrogens is 212 g/mol. The number of hydrogen-bond donors (Lipinski definition) is 2. The summed E-state index contributed by atoms with van der Waals surface area (Å²) in [5, 5.41) is 9.87. The molecule has 0 aromatic heterocycles. The van der Waals surface area contributed by atoms with Crippen molar-refractivity contribution in [1.82, 2.24) is 0 Å². The van der Waals surface area contributed by atoms with E-state index in [1.54, 1.807) is 0 Å². The Morgan fingerprint density at radius 3 is 2.41 bits per heavy atom. The van der Waals surface area contributed by atoms with Crippen molar-refractivity contribution in [3.8, 4) is 6.07 Å². The van der Waals surface area contributed by atoms with E-state index in [9.17, 15) is 0 Å². The third-order valence-corrected chi connectivity index (χ3v) is 2.04. The molecule has 0 bridgehead atoms. The maximum atomic E-state index is 8.52. The topological polar surface area (TPSA) is 79.1 Å². The van der Waals surface area contributed by atoms with Gasteiger partial charge < -0.3 is 5.73 Å². The highest BCUT2D eigenvalue weighted by molar-refractivity contribution is 5.55. The zero-order valence-corrected chi connectivity index (χ0v) is 10.9. The third kappa shape index (κ3) is 4.58. The van der Waals surface area contributed by atoms with Crippen molar-refractivity contribution in [2.75, 3.05) is 5.01 Å². The van der Waals surface area contributed by atoms with Gasteiger partial charge in [0.25, 0.3) is 0 Å². The Labute approximate surface area is 103 Å². The molecule has 0 spiro atoms. The maximum Gasteiger partial charge on any atom is 0.129 e. The molecule has 0 saturated carbocycles. The van der Waals surface area contributed by atoms with Gasteiger partial charge in [-0.1, -0.05) is 31.5 Å². The van der Waals surface area contributed by atoms with E-state index in [1.807, 2.05) is 52.0 Å². The Morgan fingerprint density at radius 1 is 1.35 bits per heavy atom. The molecule has 0 aliphatic heterocycles. The number of benzene rings is 1. The van der Waals surface area contributed by atoms with Gasteiger partial charge in [0.15, 0.2) is 0 Å². The van der Waals surface area contributed by atoms with Crippen molar-refractivity contribution in [1.29, 1.82) is 5.26 Å². The number of anilines is 1. The summed E-state index contributed by atoms with van der Waals surface area (Å²) in [6.07, 6.45) is 1.40. The van der Waals surface area contributed by atoms with Gasteiger partial charge >= 0.3 is 0 Å². The molecule has 0 atom stereocenters. The fraction of sp³-hybridized carbons (Fsp3) is 0.308. The standard InChI is InChI=1S/C11H14N4.C2H6/c1-8-3-4-11(9(2)5-8)15(14)7-10(13)6-12;1-2/h3-5,7H,13-14H2,1-2H3;1-2H3/b10-7-;. The van der Waals surface area contributed by atoms with Gasteiger partial charge in [0.1, 0.15) is 11.8 Å². The number of nitriles is 1. The van der Waals surface area contributed by atoms with Crippen LogP contribution in [0.25, 0.3) is 0 Å². The van der Waals surface area contributed by atoms with Gasteiger partial charge in [-0.3, -0.25) is 5.01 Å². The van der Waals surface area contributed by atoms with Crippen LogP contribution in [-0.2, 0) is 0 Å². The lowest BCUT2D eigenvalue weighted by Crippen LogP contribution is -2.26. The van der Waals surface area contributed by atoms with Gasteiger partial charge in [0.2, 0.25) is 0 Å². The molecular formula is C13H20N4. The molecule has 1 aromatic carbocycles. The van der Waals surface area contributed by atoms with Crippen molar-refractivity contribution in [3.05, 3.63) is 41.2 Å². The molecule has 0 radical (unpaired) electrons. The zero-order valence-electron chi connectivity index (χ0n) is 10.9. The minimum atomic E-state index is 0.0810. The Bertz CT molecular complexity index is 430. The Kier molecular flexibility index (Phi) is 6.46. The van der Waals surface area contributed by atoms with E-state index in [0.717, 1.165) is 11.3 Å². The Balaban J connectivity index is 0.00000121. The van der Waals surface area contributed by atoms with E-state index in [0.29, 0.717) is 0 Å². The van der Waals surface area contributed by atoms with Crippen molar-refractivity contribution in [2.45, 2.75) is 27.7 Å². The number of allylic oxidation sites excluding steroid dienone is 1. The monoisotopic (exact) mass is 232 g/mol. The summed E-state index contributed by atoms with van der Waals surface area (Å²) < 4.78 is 0. The Morgan fingerprint density at radius 2 is 1.94 bits per heavy atom. The average Bonchev–Trinajstić information content (AvgIpc) is 2.31. The first-order valence-corrected chi connectivity index (χ1v) is 5.53. The van der Waals surface area contributed by atoms with Gasteiger partial charge in [-0.05, 0) is 25.5 Å². The van der Waals surface area contributed by atoms with Crippen LogP contribution in [0.3, 0.4) is 0 Å². The third-order valence-electron chi connectivity index (χ3n) is 2.04. The fourth-order valence-corrected chi connectivity index (χ4v) is 1.34. The van der Waals surface area contributed by atoms with E-state index < -0.39 is 0 Å². The largest absolute Gasteiger partial charge is 0.389 e. The van der Waals surface area contributed by atoms with E-state index in [4.69, 9.17) is 16.8 Å². The van der Waals surface area contributed by atoms with Crippen molar-refractivity contribution in [2.24, 2.45) is 11.6 Å². The molecule has 0 aliphatic carbocycles. The minimum absolute atomic E-state index is 0.0810. The summed E-state index contributed by atoms with van der Waals surface area (Å²) in [4.78, 5) is 0. The van der Waals surface area contributed by atoms with E-state index in [2.05, 4.69) is 0 Å². The van der Waals surface area contributed by atoms with Gasteiger partial charge in [0, 0.05) is 0 Å². The van der Waals surface area contributed by atoms with Crippen molar-refractivity contribution < 1.29 is 0 Å².